The van der Waals surface area contributed by atoms with Gasteiger partial charge in [-0.15, -0.1) is 16.8 Å². The minimum Gasteiger partial charge on any atom is -0.485 e. The number of amides is 1. The molecule has 0 bridgehead atoms. The van der Waals surface area contributed by atoms with Crippen LogP contribution < -0.4 is 14.8 Å². The van der Waals surface area contributed by atoms with Crippen LogP contribution in [0.5, 0.6) is 11.5 Å². The van der Waals surface area contributed by atoms with Crippen LogP contribution in [0.3, 0.4) is 0 Å². The Morgan fingerprint density at radius 3 is 2.73 bits per heavy atom. The van der Waals surface area contributed by atoms with E-state index in [4.69, 9.17) is 9.47 Å². The van der Waals surface area contributed by atoms with E-state index in [1.54, 1.807) is 6.08 Å². The van der Waals surface area contributed by atoms with Crippen LogP contribution in [0.15, 0.2) is 42.1 Å². The molecule has 1 atom stereocenters. The lowest BCUT2D eigenvalue weighted by atomic mass is 10.1. The van der Waals surface area contributed by atoms with E-state index in [9.17, 15) is 4.79 Å². The molecule has 0 spiro atoms. The van der Waals surface area contributed by atoms with Gasteiger partial charge >= 0.3 is 0 Å². The topological polar surface area (TPSA) is 78.3 Å². The van der Waals surface area contributed by atoms with Crippen LogP contribution in [0.4, 0.5) is 0 Å². The Bertz CT molecular complexity index is 877. The summed E-state index contributed by atoms with van der Waals surface area (Å²) in [7, 11) is 0. The van der Waals surface area contributed by atoms with Crippen LogP contribution in [0, 0.1) is 0 Å². The van der Waals surface area contributed by atoms with E-state index < -0.39 is 0 Å². The van der Waals surface area contributed by atoms with E-state index in [-0.39, 0.29) is 12.0 Å². The molecule has 1 N–H and O–H groups in total. The minimum atomic E-state index is -0.360. The lowest BCUT2D eigenvalue weighted by molar-refractivity contribution is -0.119. The van der Waals surface area contributed by atoms with Gasteiger partial charge in [-0.2, -0.15) is 0 Å². The molecule has 1 saturated carbocycles. The Kier molecular flexibility index (Phi) is 6.94. The van der Waals surface area contributed by atoms with E-state index in [1.165, 1.54) is 37.4 Å². The van der Waals surface area contributed by atoms with Crippen molar-refractivity contribution in [3.63, 3.8) is 0 Å². The van der Waals surface area contributed by atoms with Crippen LogP contribution in [0.1, 0.15) is 50.5 Å². The Morgan fingerprint density at radius 2 is 1.97 bits per heavy atom. The smallest absolute Gasteiger partial charge is 0.230 e. The number of hydrogen-bond donors (Lipinski definition) is 1. The molecule has 1 aromatic heterocycles. The SMILES string of the molecule is C=CCn1c(SCC(=O)NC2CCCCCC2)nnc1[C@@H]1COc2ccccc2O1. The molecule has 8 heteroatoms. The summed E-state index contributed by atoms with van der Waals surface area (Å²) in [5, 5.41) is 12.5. The highest BCUT2D eigenvalue weighted by molar-refractivity contribution is 7.99. The molecule has 30 heavy (non-hydrogen) atoms. The predicted octanol–water partition coefficient (Wildman–Crippen LogP) is 3.91. The molecule has 1 aliphatic heterocycles. The molecule has 160 valence electrons. The van der Waals surface area contributed by atoms with Crippen LogP contribution in [0.2, 0.25) is 0 Å². The number of nitrogens with one attached hydrogen (secondary N) is 1. The second kappa shape index (κ2) is 10.0. The first-order valence-corrected chi connectivity index (χ1v) is 11.6. The van der Waals surface area contributed by atoms with Crippen molar-refractivity contribution in [2.45, 2.75) is 62.4 Å². The van der Waals surface area contributed by atoms with E-state index in [0.717, 1.165) is 18.6 Å². The molecule has 1 amide bonds. The van der Waals surface area contributed by atoms with Gasteiger partial charge in [0.05, 0.1) is 5.75 Å². The van der Waals surface area contributed by atoms with Gasteiger partial charge < -0.3 is 14.8 Å². The lowest BCUT2D eigenvalue weighted by Crippen LogP contribution is -2.35. The maximum Gasteiger partial charge on any atom is 0.230 e. The second-order valence-corrected chi connectivity index (χ2v) is 8.59. The van der Waals surface area contributed by atoms with Gasteiger partial charge in [-0.3, -0.25) is 9.36 Å². The van der Waals surface area contributed by atoms with Crippen molar-refractivity contribution >= 4 is 17.7 Å². The molecule has 1 fully saturated rings. The van der Waals surface area contributed by atoms with Crippen LogP contribution >= 0.6 is 11.8 Å². The Labute approximate surface area is 181 Å². The van der Waals surface area contributed by atoms with Crippen molar-refractivity contribution in [3.8, 4) is 11.5 Å². The number of benzene rings is 1. The first-order chi connectivity index (χ1) is 14.7. The number of carbonyl (C=O) groups is 1. The Balaban J connectivity index is 1.40. The lowest BCUT2D eigenvalue weighted by Gasteiger charge is -2.26. The normalized spacial score (nSPS) is 19.1. The van der Waals surface area contributed by atoms with Crippen molar-refractivity contribution in [3.05, 3.63) is 42.7 Å². The van der Waals surface area contributed by atoms with Crippen molar-refractivity contribution in [1.82, 2.24) is 20.1 Å². The fourth-order valence-electron chi connectivity index (χ4n) is 3.92. The zero-order valence-electron chi connectivity index (χ0n) is 17.1. The zero-order chi connectivity index (χ0) is 20.8. The minimum absolute atomic E-state index is 0.0489. The van der Waals surface area contributed by atoms with E-state index >= 15 is 0 Å². The molecule has 2 aromatic rings. The quantitative estimate of drug-likeness (QED) is 0.409. The van der Waals surface area contributed by atoms with Gasteiger partial charge in [0.1, 0.15) is 6.61 Å². The van der Waals surface area contributed by atoms with Gasteiger partial charge in [-0.05, 0) is 25.0 Å². The summed E-state index contributed by atoms with van der Waals surface area (Å²) < 4.78 is 13.9. The summed E-state index contributed by atoms with van der Waals surface area (Å²) in [6.07, 6.45) is 8.52. The van der Waals surface area contributed by atoms with Gasteiger partial charge in [0.2, 0.25) is 5.91 Å². The van der Waals surface area contributed by atoms with Gasteiger partial charge in [-0.25, -0.2) is 0 Å². The summed E-state index contributed by atoms with van der Waals surface area (Å²) in [6.45, 7) is 4.74. The second-order valence-electron chi connectivity index (χ2n) is 7.65. The third-order valence-electron chi connectivity index (χ3n) is 5.41. The molecule has 2 aliphatic rings. The summed E-state index contributed by atoms with van der Waals surface area (Å²) in [5.74, 6) is 2.47. The molecular formula is C22H28N4O3S. The number of nitrogens with zero attached hydrogens (tertiary/aromatic N) is 3. The number of fused-ring (bicyclic) bond motifs is 1. The van der Waals surface area contributed by atoms with E-state index in [2.05, 4.69) is 22.1 Å². The van der Waals surface area contributed by atoms with Crippen LogP contribution in [-0.4, -0.2) is 39.1 Å². The molecule has 0 saturated heterocycles. The van der Waals surface area contributed by atoms with Crippen molar-refractivity contribution < 1.29 is 14.3 Å². The maximum absolute atomic E-state index is 12.5. The number of allylic oxidation sites excluding steroid dienone is 1. The first kappa shape index (κ1) is 20.8. The third-order valence-corrected chi connectivity index (χ3v) is 6.37. The third kappa shape index (κ3) is 4.98. The summed E-state index contributed by atoms with van der Waals surface area (Å²) in [6, 6.07) is 7.89. The van der Waals surface area contributed by atoms with Gasteiger partial charge in [0.15, 0.2) is 28.6 Å². The van der Waals surface area contributed by atoms with Gasteiger partial charge in [-0.1, -0.05) is 55.7 Å². The molecule has 4 rings (SSSR count). The largest absolute Gasteiger partial charge is 0.485 e. The first-order valence-electron chi connectivity index (χ1n) is 10.6. The standard InChI is InChI=1S/C22H28N4O3S/c1-2-13-26-21(19-14-28-17-11-7-8-12-18(17)29-19)24-25-22(26)30-15-20(27)23-16-9-5-3-4-6-10-16/h2,7-8,11-12,16,19H,1,3-6,9-10,13-15H2,(H,23,27)/t19-/m0/s1. The number of carbonyl (C=O) groups excluding carboxylic acids is 1. The average Bonchev–Trinajstić information content (AvgIpc) is 2.98. The summed E-state index contributed by atoms with van der Waals surface area (Å²) in [5.41, 5.74) is 0. The van der Waals surface area contributed by atoms with Crippen molar-refractivity contribution in [2.75, 3.05) is 12.4 Å². The number of hydrogen-bond acceptors (Lipinski definition) is 6. The Hall–Kier alpha value is -2.48. The number of aromatic nitrogens is 3. The van der Waals surface area contributed by atoms with Crippen LogP contribution in [0.25, 0.3) is 0 Å². The van der Waals surface area contributed by atoms with Gasteiger partial charge in [0.25, 0.3) is 0 Å². The van der Waals surface area contributed by atoms with Crippen molar-refractivity contribution in [1.29, 1.82) is 0 Å². The molecule has 1 aliphatic carbocycles. The van der Waals surface area contributed by atoms with Crippen LogP contribution in [-0.2, 0) is 11.3 Å². The zero-order valence-corrected chi connectivity index (χ0v) is 17.9. The van der Waals surface area contributed by atoms with Crippen molar-refractivity contribution in [2.24, 2.45) is 0 Å². The fraction of sp³-hybridized carbons (Fsp3) is 0.500. The van der Waals surface area contributed by atoms with Gasteiger partial charge in [0, 0.05) is 12.6 Å². The monoisotopic (exact) mass is 428 g/mol. The number of para-hydroxylation sites is 2. The summed E-state index contributed by atoms with van der Waals surface area (Å²) in [4.78, 5) is 12.5. The highest BCUT2D eigenvalue weighted by atomic mass is 32.2. The molecular weight excluding hydrogens is 400 g/mol. The number of rotatable bonds is 7. The fourth-order valence-corrected chi connectivity index (χ4v) is 4.68. The molecule has 1 aromatic carbocycles. The molecule has 0 radical (unpaired) electrons. The molecule has 0 unspecified atom stereocenters. The highest BCUT2D eigenvalue weighted by Gasteiger charge is 2.28. The Morgan fingerprint density at radius 1 is 1.20 bits per heavy atom. The average molecular weight is 429 g/mol. The van der Waals surface area contributed by atoms with E-state index in [1.807, 2.05) is 28.8 Å². The molecule has 2 heterocycles. The molecule has 7 nitrogen and oxygen atoms in total. The maximum atomic E-state index is 12.5. The highest BCUT2D eigenvalue weighted by Crippen LogP contribution is 2.36. The predicted molar refractivity (Wildman–Crippen MR) is 116 cm³/mol. The van der Waals surface area contributed by atoms with E-state index in [0.29, 0.717) is 41.7 Å². The summed E-state index contributed by atoms with van der Waals surface area (Å²) >= 11 is 1.39. The number of ether oxygens (including phenoxy) is 2. The number of thioether (sulfide) groups is 1.